The van der Waals surface area contributed by atoms with Gasteiger partial charge in [0.1, 0.15) is 22.1 Å². The van der Waals surface area contributed by atoms with E-state index >= 15 is 0 Å². The number of halogens is 1. The van der Waals surface area contributed by atoms with Crippen LogP contribution in [0.25, 0.3) is 11.1 Å². The Kier molecular flexibility index (Phi) is 8.94. The molecule has 4 aromatic rings. The molecule has 41 heavy (non-hydrogen) atoms. The molecule has 3 aromatic carbocycles. The molecule has 0 aliphatic rings. The first-order valence-electron chi connectivity index (χ1n) is 12.7. The molecule has 0 unspecified atom stereocenters. The van der Waals surface area contributed by atoms with Crippen molar-refractivity contribution >= 4 is 34.8 Å². The van der Waals surface area contributed by atoms with Gasteiger partial charge in [-0.1, -0.05) is 48.2 Å². The van der Waals surface area contributed by atoms with Crippen LogP contribution in [0.4, 0.5) is 15.8 Å². The summed E-state index contributed by atoms with van der Waals surface area (Å²) in [5.74, 6) is -1.96. The van der Waals surface area contributed by atoms with E-state index in [-0.39, 0.29) is 39.3 Å². The van der Waals surface area contributed by atoms with E-state index in [1.165, 1.54) is 18.2 Å². The Morgan fingerprint density at radius 3 is 2.39 bits per heavy atom. The van der Waals surface area contributed by atoms with Gasteiger partial charge in [-0.3, -0.25) is 10.2 Å². The number of primary amides is 1. The average molecular weight is 572 g/mol. The van der Waals surface area contributed by atoms with Crippen molar-refractivity contribution in [3.63, 3.8) is 0 Å². The third-order valence-corrected chi connectivity index (χ3v) is 7.27. The fourth-order valence-corrected chi connectivity index (χ4v) is 5.20. The number of para-hydroxylation sites is 1. The van der Waals surface area contributed by atoms with Crippen LogP contribution in [0, 0.1) is 11.2 Å². The Hall–Kier alpha value is -4.83. The quantitative estimate of drug-likeness (QED) is 0.143. The lowest BCUT2D eigenvalue weighted by atomic mass is 9.99. The number of hydrogen-bond donors (Lipinski definition) is 5. The van der Waals surface area contributed by atoms with E-state index in [1.54, 1.807) is 37.5 Å². The first-order chi connectivity index (χ1) is 19.6. The first kappa shape index (κ1) is 29.2. The summed E-state index contributed by atoms with van der Waals surface area (Å²) in [5, 5.41) is 34.0. The number of carbonyl (C=O) groups excluding carboxylic acids is 1. The monoisotopic (exact) mass is 571 g/mol. The van der Waals surface area contributed by atoms with Crippen molar-refractivity contribution in [1.82, 2.24) is 10.3 Å². The summed E-state index contributed by atoms with van der Waals surface area (Å²) in [7, 11) is 1.70. The second-order valence-corrected chi connectivity index (χ2v) is 10.4. The Bertz CT molecular complexity index is 1610. The van der Waals surface area contributed by atoms with Crippen LogP contribution in [0.15, 0.2) is 94.9 Å². The molecule has 4 rings (SSSR count). The van der Waals surface area contributed by atoms with E-state index in [4.69, 9.17) is 11.1 Å². The van der Waals surface area contributed by atoms with Gasteiger partial charge in [-0.05, 0) is 73.6 Å². The minimum atomic E-state index is -0.741. The number of amides is 1. The molecule has 0 atom stereocenters. The molecule has 210 valence electrons. The normalized spacial score (nSPS) is 11.1. The number of pyridine rings is 1. The molecular formula is C31H30FN5O3S. The van der Waals surface area contributed by atoms with Crippen LogP contribution in [0.2, 0.25) is 0 Å². The second-order valence-electron chi connectivity index (χ2n) is 9.33. The van der Waals surface area contributed by atoms with E-state index < -0.39 is 17.6 Å². The third kappa shape index (κ3) is 6.33. The van der Waals surface area contributed by atoms with Gasteiger partial charge in [0.2, 0.25) is 11.8 Å². The standard InChI is InChI=1S/C31H30FN5O3S/c1-18(2)37(21-7-5-4-6-8-21)27-26(25(33)15-16-35-3)36-31(40)29(28(27)38)41-22-12-9-19(10-13-22)23-14-11-20(32)17-24(23)30(34)39/h4-18,33,35H,1-3H3,(H2,34,39)(H2,36,38,40)/b16-15-,33-25?. The topological polar surface area (TPSA) is 136 Å². The number of nitrogens with two attached hydrogens (primary N) is 1. The highest BCUT2D eigenvalue weighted by molar-refractivity contribution is 7.99. The predicted octanol–water partition coefficient (Wildman–Crippen LogP) is 6.20. The molecule has 10 heteroatoms. The third-order valence-electron chi connectivity index (χ3n) is 6.18. The Labute approximate surface area is 241 Å². The van der Waals surface area contributed by atoms with Crippen molar-refractivity contribution < 1.29 is 19.4 Å². The molecule has 1 aromatic heterocycles. The van der Waals surface area contributed by atoms with Gasteiger partial charge >= 0.3 is 0 Å². The second kappa shape index (κ2) is 12.6. The number of anilines is 2. The van der Waals surface area contributed by atoms with Crippen LogP contribution in [0.3, 0.4) is 0 Å². The zero-order valence-electron chi connectivity index (χ0n) is 22.7. The van der Waals surface area contributed by atoms with Gasteiger partial charge in [0, 0.05) is 29.2 Å². The van der Waals surface area contributed by atoms with E-state index in [9.17, 15) is 19.4 Å². The molecule has 1 amide bonds. The van der Waals surface area contributed by atoms with E-state index in [0.717, 1.165) is 23.5 Å². The van der Waals surface area contributed by atoms with Gasteiger partial charge in [-0.15, -0.1) is 0 Å². The lowest BCUT2D eigenvalue weighted by Gasteiger charge is -2.31. The van der Waals surface area contributed by atoms with Crippen LogP contribution in [-0.4, -0.2) is 39.9 Å². The number of benzene rings is 3. The molecule has 0 fully saturated rings. The number of nitrogens with one attached hydrogen (secondary N) is 2. The first-order valence-corrected chi connectivity index (χ1v) is 13.5. The van der Waals surface area contributed by atoms with Gasteiger partial charge in [-0.2, -0.15) is 0 Å². The van der Waals surface area contributed by atoms with Crippen molar-refractivity contribution in [1.29, 1.82) is 5.41 Å². The molecule has 0 spiro atoms. The Balaban J connectivity index is 1.80. The maximum atomic E-state index is 13.7. The fourth-order valence-electron chi connectivity index (χ4n) is 4.36. The van der Waals surface area contributed by atoms with Crippen LogP contribution in [-0.2, 0) is 0 Å². The highest BCUT2D eigenvalue weighted by Crippen LogP contribution is 2.48. The number of aromatic hydroxyl groups is 2. The molecule has 0 radical (unpaired) electrons. The molecule has 8 nitrogen and oxygen atoms in total. The van der Waals surface area contributed by atoms with Crippen LogP contribution >= 0.6 is 11.8 Å². The molecule has 0 aliphatic carbocycles. The smallest absolute Gasteiger partial charge is 0.249 e. The summed E-state index contributed by atoms with van der Waals surface area (Å²) in [5.41, 5.74) is 7.81. The zero-order chi connectivity index (χ0) is 29.7. The van der Waals surface area contributed by atoms with Crippen LogP contribution < -0.4 is 16.0 Å². The van der Waals surface area contributed by atoms with E-state index in [2.05, 4.69) is 10.3 Å². The fraction of sp³-hybridized carbons (Fsp3) is 0.129. The minimum Gasteiger partial charge on any atom is -0.504 e. The van der Waals surface area contributed by atoms with Crippen molar-refractivity contribution in [3.05, 3.63) is 102 Å². The summed E-state index contributed by atoms with van der Waals surface area (Å²) >= 11 is 1.09. The molecule has 0 bridgehead atoms. The molecule has 6 N–H and O–H groups in total. The lowest BCUT2D eigenvalue weighted by Crippen LogP contribution is -2.28. The number of nitrogens with zero attached hydrogens (tertiary/aromatic N) is 2. The maximum absolute atomic E-state index is 13.7. The van der Waals surface area contributed by atoms with Crippen molar-refractivity contribution in [2.75, 3.05) is 11.9 Å². The molecule has 0 aliphatic heterocycles. The van der Waals surface area contributed by atoms with Crippen LogP contribution in [0.1, 0.15) is 29.9 Å². The van der Waals surface area contributed by atoms with Gasteiger partial charge in [0.15, 0.2) is 5.75 Å². The largest absolute Gasteiger partial charge is 0.504 e. The van der Waals surface area contributed by atoms with Gasteiger partial charge in [0.25, 0.3) is 0 Å². The summed E-state index contributed by atoms with van der Waals surface area (Å²) in [6, 6.07) is 20.1. The molecular weight excluding hydrogens is 541 g/mol. The average Bonchev–Trinajstić information content (AvgIpc) is 2.96. The van der Waals surface area contributed by atoms with Gasteiger partial charge < -0.3 is 26.2 Å². The van der Waals surface area contributed by atoms with Gasteiger partial charge in [-0.25, -0.2) is 9.37 Å². The zero-order valence-corrected chi connectivity index (χ0v) is 23.5. The Morgan fingerprint density at radius 2 is 1.78 bits per heavy atom. The van der Waals surface area contributed by atoms with E-state index in [0.29, 0.717) is 16.0 Å². The lowest BCUT2D eigenvalue weighted by molar-refractivity contribution is 0.100. The number of aromatic nitrogens is 1. The SMILES string of the molecule is CN/C=C\C(=N)c1nc(O)c(Sc2ccc(-c3ccc(F)cc3C(N)=O)cc2)c(O)c1N(c1ccccc1)C(C)C. The number of allylic oxidation sites excluding steroid dienone is 1. The predicted molar refractivity (Wildman–Crippen MR) is 161 cm³/mol. The van der Waals surface area contributed by atoms with Crippen LogP contribution in [0.5, 0.6) is 11.6 Å². The van der Waals surface area contributed by atoms with Crippen molar-refractivity contribution in [2.45, 2.75) is 29.7 Å². The number of carbonyl (C=O) groups is 1. The summed E-state index contributed by atoms with van der Waals surface area (Å²) in [6.07, 6.45) is 3.06. The minimum absolute atomic E-state index is 0.00742. The molecule has 1 heterocycles. The highest BCUT2D eigenvalue weighted by atomic mass is 32.2. The van der Waals surface area contributed by atoms with E-state index in [1.807, 2.05) is 49.1 Å². The number of rotatable bonds is 10. The molecule has 0 saturated carbocycles. The highest BCUT2D eigenvalue weighted by Gasteiger charge is 2.28. The number of hydrogen-bond acceptors (Lipinski definition) is 8. The molecule has 0 saturated heterocycles. The van der Waals surface area contributed by atoms with Crippen molar-refractivity contribution in [3.8, 4) is 22.8 Å². The summed E-state index contributed by atoms with van der Waals surface area (Å²) in [6.45, 7) is 3.91. The maximum Gasteiger partial charge on any atom is 0.249 e. The summed E-state index contributed by atoms with van der Waals surface area (Å²) < 4.78 is 13.7. The van der Waals surface area contributed by atoms with Gasteiger partial charge in [0.05, 0.1) is 5.71 Å². The van der Waals surface area contributed by atoms with Crippen molar-refractivity contribution in [2.24, 2.45) is 5.73 Å². The Morgan fingerprint density at radius 1 is 1.10 bits per heavy atom. The summed E-state index contributed by atoms with van der Waals surface area (Å²) in [4.78, 5) is 18.9.